The zero-order chi connectivity index (χ0) is 29.1. The average molecular weight is 607 g/mol. The standard InChI is InChI=1S/C22H22Cl2F6N4O3S/c1-20(2,3)37-19(36)31-5-6-34(17(35)14-15(23)32-18(38-4)33-16(14)24)10-11-7-12(21(25,26)27)9-13(8-11)22(28,29)30/h7-9H,5-6,10H2,1-4H3,(H,31,36). The van der Waals surface area contributed by atoms with Crippen LogP contribution < -0.4 is 5.32 Å². The van der Waals surface area contributed by atoms with Gasteiger partial charge in [-0.25, -0.2) is 14.8 Å². The summed E-state index contributed by atoms with van der Waals surface area (Å²) in [6, 6.07) is 0.961. The summed E-state index contributed by atoms with van der Waals surface area (Å²) in [7, 11) is 0. The molecule has 0 saturated heterocycles. The highest BCUT2D eigenvalue weighted by Crippen LogP contribution is 2.37. The van der Waals surface area contributed by atoms with Gasteiger partial charge in [0.1, 0.15) is 21.5 Å². The van der Waals surface area contributed by atoms with Crippen LogP contribution in [0.2, 0.25) is 10.3 Å². The van der Waals surface area contributed by atoms with Crippen molar-refractivity contribution in [2.75, 3.05) is 19.3 Å². The van der Waals surface area contributed by atoms with E-state index in [-0.39, 0.29) is 34.6 Å². The fourth-order valence-corrected chi connectivity index (χ4v) is 4.02. The van der Waals surface area contributed by atoms with E-state index in [1.54, 1.807) is 27.0 Å². The third-order valence-electron chi connectivity index (χ3n) is 4.55. The molecule has 38 heavy (non-hydrogen) atoms. The first-order valence-electron chi connectivity index (χ1n) is 10.6. The molecule has 0 bridgehead atoms. The van der Waals surface area contributed by atoms with Crippen LogP contribution in [0, 0.1) is 0 Å². The summed E-state index contributed by atoms with van der Waals surface area (Å²) in [6.07, 6.45) is -9.41. The molecule has 2 aromatic rings. The zero-order valence-corrected chi connectivity index (χ0v) is 22.7. The van der Waals surface area contributed by atoms with Crippen LogP contribution >= 0.6 is 35.0 Å². The minimum absolute atomic E-state index is 0.0254. The zero-order valence-electron chi connectivity index (χ0n) is 20.4. The normalized spacial score (nSPS) is 12.3. The molecule has 0 unspecified atom stereocenters. The lowest BCUT2D eigenvalue weighted by atomic mass is 10.0. The van der Waals surface area contributed by atoms with Crippen molar-refractivity contribution in [1.82, 2.24) is 20.2 Å². The number of nitrogens with zero attached hydrogens (tertiary/aromatic N) is 3. The molecule has 2 amide bonds. The highest BCUT2D eigenvalue weighted by Gasteiger charge is 2.37. The van der Waals surface area contributed by atoms with Gasteiger partial charge in [-0.05, 0) is 50.8 Å². The molecule has 2 rings (SSSR count). The first kappa shape index (κ1) is 31.8. The van der Waals surface area contributed by atoms with Gasteiger partial charge in [0.15, 0.2) is 5.16 Å². The number of thioether (sulfide) groups is 1. The van der Waals surface area contributed by atoms with Gasteiger partial charge in [-0.3, -0.25) is 4.79 Å². The minimum Gasteiger partial charge on any atom is -0.444 e. The number of amides is 2. The second kappa shape index (κ2) is 12.2. The largest absolute Gasteiger partial charge is 0.444 e. The number of halogens is 8. The number of nitrogens with one attached hydrogen (secondary N) is 1. The van der Waals surface area contributed by atoms with Crippen molar-refractivity contribution in [3.63, 3.8) is 0 Å². The number of carbonyl (C=O) groups excluding carboxylic acids is 2. The molecule has 0 atom stereocenters. The number of alkyl carbamates (subject to hydrolysis) is 1. The van der Waals surface area contributed by atoms with E-state index in [1.165, 1.54) is 0 Å². The molecule has 0 fully saturated rings. The number of benzene rings is 1. The lowest BCUT2D eigenvalue weighted by Crippen LogP contribution is -2.40. The van der Waals surface area contributed by atoms with E-state index in [9.17, 15) is 35.9 Å². The van der Waals surface area contributed by atoms with Crippen LogP contribution in [-0.2, 0) is 23.6 Å². The van der Waals surface area contributed by atoms with Crippen molar-refractivity contribution in [2.45, 2.75) is 50.4 Å². The fourth-order valence-electron chi connectivity index (χ4n) is 3.01. The van der Waals surface area contributed by atoms with Crippen molar-refractivity contribution in [2.24, 2.45) is 0 Å². The first-order chi connectivity index (χ1) is 17.3. The Morgan fingerprint density at radius 2 is 1.47 bits per heavy atom. The number of carbonyl (C=O) groups is 2. The highest BCUT2D eigenvalue weighted by molar-refractivity contribution is 7.98. The number of aromatic nitrogens is 2. The summed E-state index contributed by atoms with van der Waals surface area (Å²) >= 11 is 13.3. The second-order valence-electron chi connectivity index (χ2n) is 8.74. The monoisotopic (exact) mass is 606 g/mol. The Labute approximate surface area is 228 Å². The van der Waals surface area contributed by atoms with E-state index in [0.29, 0.717) is 12.1 Å². The Morgan fingerprint density at radius 1 is 0.974 bits per heavy atom. The molecule has 7 nitrogen and oxygen atoms in total. The van der Waals surface area contributed by atoms with Gasteiger partial charge >= 0.3 is 18.4 Å². The summed E-state index contributed by atoms with van der Waals surface area (Å²) in [4.78, 5) is 34.0. The molecule has 210 valence electrons. The summed E-state index contributed by atoms with van der Waals surface area (Å²) < 4.78 is 85.1. The number of hydrogen-bond donors (Lipinski definition) is 1. The van der Waals surface area contributed by atoms with Crippen LogP contribution in [0.4, 0.5) is 31.1 Å². The second-order valence-corrected chi connectivity index (χ2v) is 10.2. The van der Waals surface area contributed by atoms with E-state index in [2.05, 4.69) is 15.3 Å². The lowest BCUT2D eigenvalue weighted by Gasteiger charge is -2.25. The fraction of sp³-hybridized carbons (Fsp3) is 0.455. The van der Waals surface area contributed by atoms with Crippen LogP contribution in [-0.4, -0.2) is 51.8 Å². The van der Waals surface area contributed by atoms with E-state index in [0.717, 1.165) is 16.7 Å². The maximum absolute atomic E-state index is 13.3. The van der Waals surface area contributed by atoms with Crippen molar-refractivity contribution >= 4 is 47.0 Å². The molecule has 0 saturated carbocycles. The quantitative estimate of drug-likeness (QED) is 0.163. The van der Waals surface area contributed by atoms with Gasteiger partial charge in [-0.2, -0.15) is 26.3 Å². The SMILES string of the molecule is CSc1nc(Cl)c(C(=O)N(CCNC(=O)OC(C)(C)C)Cc2cc(C(F)(F)F)cc(C(F)(F)F)c2)c(Cl)n1. The van der Waals surface area contributed by atoms with Gasteiger partial charge in [-0.1, -0.05) is 35.0 Å². The predicted molar refractivity (Wildman–Crippen MR) is 129 cm³/mol. The van der Waals surface area contributed by atoms with Crippen LogP contribution in [0.5, 0.6) is 0 Å². The van der Waals surface area contributed by atoms with E-state index in [1.807, 2.05) is 0 Å². The van der Waals surface area contributed by atoms with Crippen molar-refractivity contribution in [1.29, 1.82) is 0 Å². The molecule has 1 N–H and O–H groups in total. The number of alkyl halides is 6. The van der Waals surface area contributed by atoms with Crippen molar-refractivity contribution in [3.05, 3.63) is 50.8 Å². The van der Waals surface area contributed by atoms with Crippen molar-refractivity contribution < 1.29 is 40.7 Å². The molecule has 1 heterocycles. The molecule has 16 heteroatoms. The van der Waals surface area contributed by atoms with Gasteiger partial charge in [0.2, 0.25) is 0 Å². The van der Waals surface area contributed by atoms with Gasteiger partial charge in [0, 0.05) is 19.6 Å². The van der Waals surface area contributed by atoms with Crippen LogP contribution in [0.25, 0.3) is 0 Å². The summed E-state index contributed by atoms with van der Waals surface area (Å²) in [6.45, 7) is 3.46. The molecular formula is C22H22Cl2F6N4O3S. The predicted octanol–water partition coefficient (Wildman–Crippen LogP) is 6.71. The third-order valence-corrected chi connectivity index (χ3v) is 5.65. The summed E-state index contributed by atoms with van der Waals surface area (Å²) in [5.74, 6) is -0.982. The van der Waals surface area contributed by atoms with Crippen LogP contribution in [0.1, 0.15) is 47.8 Å². The Kier molecular flexibility index (Phi) is 10.2. The lowest BCUT2D eigenvalue weighted by molar-refractivity contribution is -0.143. The molecule has 1 aromatic heterocycles. The maximum atomic E-state index is 13.3. The van der Waals surface area contributed by atoms with Gasteiger partial charge in [0.25, 0.3) is 5.91 Å². The smallest absolute Gasteiger partial charge is 0.416 e. The minimum atomic E-state index is -5.09. The number of ether oxygens (including phenoxy) is 1. The molecule has 0 radical (unpaired) electrons. The topological polar surface area (TPSA) is 84.4 Å². The Hall–Kier alpha value is -2.45. The number of rotatable bonds is 7. The number of hydrogen-bond acceptors (Lipinski definition) is 6. The molecule has 0 aliphatic rings. The third kappa shape index (κ3) is 9.09. The Bertz CT molecular complexity index is 1130. The Balaban J connectivity index is 2.47. The van der Waals surface area contributed by atoms with Gasteiger partial charge < -0.3 is 15.0 Å². The van der Waals surface area contributed by atoms with E-state index in [4.69, 9.17) is 27.9 Å². The first-order valence-corrected chi connectivity index (χ1v) is 12.6. The van der Waals surface area contributed by atoms with Crippen LogP contribution in [0.3, 0.4) is 0 Å². The molecular weight excluding hydrogens is 585 g/mol. The average Bonchev–Trinajstić information content (AvgIpc) is 2.75. The highest BCUT2D eigenvalue weighted by atomic mass is 35.5. The summed E-state index contributed by atoms with van der Waals surface area (Å²) in [5.41, 5.74) is -4.84. The van der Waals surface area contributed by atoms with Crippen LogP contribution in [0.15, 0.2) is 23.4 Å². The summed E-state index contributed by atoms with van der Waals surface area (Å²) in [5, 5.41) is 1.75. The maximum Gasteiger partial charge on any atom is 0.416 e. The molecule has 0 spiro atoms. The van der Waals surface area contributed by atoms with E-state index >= 15 is 0 Å². The van der Waals surface area contributed by atoms with Gasteiger partial charge in [-0.15, -0.1) is 0 Å². The van der Waals surface area contributed by atoms with Gasteiger partial charge in [0.05, 0.1) is 11.1 Å². The molecule has 1 aromatic carbocycles. The van der Waals surface area contributed by atoms with E-state index < -0.39 is 58.8 Å². The molecule has 0 aliphatic carbocycles. The van der Waals surface area contributed by atoms with Crippen molar-refractivity contribution in [3.8, 4) is 0 Å². The Morgan fingerprint density at radius 3 is 1.89 bits per heavy atom. The molecule has 0 aliphatic heterocycles.